The Labute approximate surface area is 201 Å². The van der Waals surface area contributed by atoms with Crippen LogP contribution in [0.3, 0.4) is 0 Å². The molecule has 0 radical (unpaired) electrons. The normalized spacial score (nSPS) is 10.8. The number of amides is 1. The zero-order valence-corrected chi connectivity index (χ0v) is 20.6. The summed E-state index contributed by atoms with van der Waals surface area (Å²) >= 11 is 14.0. The average molecular weight is 495 g/mol. The quantitative estimate of drug-likeness (QED) is 0.379. The lowest BCUT2D eigenvalue weighted by atomic mass is 10.2. The van der Waals surface area contributed by atoms with Crippen molar-refractivity contribution >= 4 is 40.9 Å². The first kappa shape index (κ1) is 24.2. The van der Waals surface area contributed by atoms with E-state index in [1.54, 1.807) is 49.5 Å². The molecule has 0 atom stereocenters. The molecule has 0 fully saturated rings. The Morgan fingerprint density at radius 1 is 1.03 bits per heavy atom. The van der Waals surface area contributed by atoms with Crippen LogP contribution in [-0.4, -0.2) is 58.6 Å². The van der Waals surface area contributed by atoms with Crippen LogP contribution in [0.5, 0.6) is 11.5 Å². The van der Waals surface area contributed by atoms with Crippen LogP contribution in [-0.2, 0) is 4.79 Å². The van der Waals surface area contributed by atoms with Gasteiger partial charge in [0.25, 0.3) is 0 Å². The van der Waals surface area contributed by atoms with E-state index in [1.165, 1.54) is 11.8 Å². The molecule has 1 amide bonds. The molecule has 0 N–H and O–H groups in total. The third kappa shape index (κ3) is 5.14. The summed E-state index contributed by atoms with van der Waals surface area (Å²) in [5.74, 6) is 1.93. The van der Waals surface area contributed by atoms with Crippen LogP contribution < -0.4 is 9.47 Å². The van der Waals surface area contributed by atoms with Crippen molar-refractivity contribution in [2.45, 2.75) is 19.0 Å². The van der Waals surface area contributed by atoms with Crippen LogP contribution in [0.2, 0.25) is 10.0 Å². The second kappa shape index (κ2) is 10.9. The molecule has 2 aromatic carbocycles. The SMILES string of the molecule is CCN(CC)C(=O)CSc1nnc(-c2cc(Cl)ccc2OC)n1-c1ccc(OC)c(Cl)c1. The minimum Gasteiger partial charge on any atom is -0.496 e. The molecule has 3 rings (SSSR count). The van der Waals surface area contributed by atoms with Crippen molar-refractivity contribution < 1.29 is 14.3 Å². The fourth-order valence-electron chi connectivity index (χ4n) is 3.21. The fourth-order valence-corrected chi connectivity index (χ4v) is 4.49. The number of ether oxygens (including phenoxy) is 2. The van der Waals surface area contributed by atoms with Gasteiger partial charge in [-0.3, -0.25) is 9.36 Å². The monoisotopic (exact) mass is 494 g/mol. The molecule has 0 bridgehead atoms. The molecule has 0 aliphatic rings. The number of carbonyl (C=O) groups excluding carboxylic acids is 1. The van der Waals surface area contributed by atoms with Crippen molar-refractivity contribution in [2.24, 2.45) is 0 Å². The van der Waals surface area contributed by atoms with Crippen LogP contribution in [0.15, 0.2) is 41.6 Å². The molecule has 32 heavy (non-hydrogen) atoms. The Morgan fingerprint density at radius 2 is 1.72 bits per heavy atom. The summed E-state index contributed by atoms with van der Waals surface area (Å²) in [5.41, 5.74) is 1.39. The molecular formula is C22H24Cl2N4O3S. The molecule has 0 aliphatic heterocycles. The zero-order chi connectivity index (χ0) is 23.3. The lowest BCUT2D eigenvalue weighted by Gasteiger charge is -2.18. The predicted octanol–water partition coefficient (Wildman–Crippen LogP) is 5.22. The number of methoxy groups -OCH3 is 2. The zero-order valence-electron chi connectivity index (χ0n) is 18.3. The first-order chi connectivity index (χ1) is 15.4. The van der Waals surface area contributed by atoms with Gasteiger partial charge in [0.1, 0.15) is 11.5 Å². The van der Waals surface area contributed by atoms with Crippen molar-refractivity contribution in [3.8, 4) is 28.6 Å². The van der Waals surface area contributed by atoms with Gasteiger partial charge in [-0.2, -0.15) is 0 Å². The number of aromatic nitrogens is 3. The standard InChI is InChI=1S/C22H24Cl2N4O3S/c1-5-27(6-2)20(29)13-32-22-26-25-21(16-11-14(23)7-9-18(16)30-3)28(22)15-8-10-19(31-4)17(24)12-15/h7-12H,5-6,13H2,1-4H3. The number of hydrogen-bond acceptors (Lipinski definition) is 6. The number of rotatable bonds is 9. The average Bonchev–Trinajstić information content (AvgIpc) is 3.22. The van der Waals surface area contributed by atoms with Gasteiger partial charge in [0.05, 0.1) is 36.2 Å². The Balaban J connectivity index is 2.10. The summed E-state index contributed by atoms with van der Waals surface area (Å²) in [6.45, 7) is 5.22. The Kier molecular flexibility index (Phi) is 8.28. The van der Waals surface area contributed by atoms with E-state index in [2.05, 4.69) is 10.2 Å². The summed E-state index contributed by atoms with van der Waals surface area (Å²) in [4.78, 5) is 14.3. The van der Waals surface area contributed by atoms with Gasteiger partial charge in [-0.1, -0.05) is 35.0 Å². The molecule has 10 heteroatoms. The fraction of sp³-hybridized carbons (Fsp3) is 0.318. The van der Waals surface area contributed by atoms with Gasteiger partial charge in [0.2, 0.25) is 5.91 Å². The number of carbonyl (C=O) groups is 1. The second-order valence-corrected chi connectivity index (χ2v) is 8.45. The van der Waals surface area contributed by atoms with Crippen molar-refractivity contribution in [3.05, 3.63) is 46.4 Å². The molecule has 7 nitrogen and oxygen atoms in total. The van der Waals surface area contributed by atoms with Gasteiger partial charge in [-0.05, 0) is 50.2 Å². The molecule has 0 aliphatic carbocycles. The van der Waals surface area contributed by atoms with Crippen molar-refractivity contribution in [2.75, 3.05) is 33.1 Å². The van der Waals surface area contributed by atoms with E-state index in [9.17, 15) is 4.79 Å². The van der Waals surface area contributed by atoms with E-state index in [0.717, 1.165) is 5.69 Å². The summed E-state index contributed by atoms with van der Waals surface area (Å²) in [6, 6.07) is 10.7. The number of benzene rings is 2. The van der Waals surface area contributed by atoms with Gasteiger partial charge in [-0.15, -0.1) is 10.2 Å². The second-order valence-electron chi connectivity index (χ2n) is 6.66. The number of nitrogens with zero attached hydrogens (tertiary/aromatic N) is 4. The van der Waals surface area contributed by atoms with Crippen molar-refractivity contribution in [1.82, 2.24) is 19.7 Å². The van der Waals surface area contributed by atoms with Crippen LogP contribution in [0, 0.1) is 0 Å². The van der Waals surface area contributed by atoms with E-state index < -0.39 is 0 Å². The number of hydrogen-bond donors (Lipinski definition) is 0. The predicted molar refractivity (Wildman–Crippen MR) is 129 cm³/mol. The molecule has 0 saturated heterocycles. The van der Waals surface area contributed by atoms with Gasteiger partial charge in [0, 0.05) is 18.1 Å². The molecule has 3 aromatic rings. The van der Waals surface area contributed by atoms with Gasteiger partial charge < -0.3 is 14.4 Å². The van der Waals surface area contributed by atoms with E-state index in [-0.39, 0.29) is 11.7 Å². The highest BCUT2D eigenvalue weighted by Gasteiger charge is 2.22. The molecule has 0 unspecified atom stereocenters. The lowest BCUT2D eigenvalue weighted by Crippen LogP contribution is -2.31. The third-order valence-electron chi connectivity index (χ3n) is 4.87. The smallest absolute Gasteiger partial charge is 0.233 e. The maximum absolute atomic E-state index is 12.6. The summed E-state index contributed by atoms with van der Waals surface area (Å²) in [7, 11) is 3.14. The molecule has 1 aromatic heterocycles. The molecule has 1 heterocycles. The minimum absolute atomic E-state index is 0.0317. The largest absolute Gasteiger partial charge is 0.496 e. The number of halogens is 2. The molecular weight excluding hydrogens is 471 g/mol. The van der Waals surface area contributed by atoms with E-state index >= 15 is 0 Å². The van der Waals surface area contributed by atoms with Gasteiger partial charge in [-0.25, -0.2) is 0 Å². The van der Waals surface area contributed by atoms with Gasteiger partial charge >= 0.3 is 0 Å². The number of thioether (sulfide) groups is 1. The maximum Gasteiger partial charge on any atom is 0.233 e. The summed E-state index contributed by atoms with van der Waals surface area (Å²) < 4.78 is 12.6. The van der Waals surface area contributed by atoms with Crippen molar-refractivity contribution in [1.29, 1.82) is 0 Å². The van der Waals surface area contributed by atoms with Crippen LogP contribution in [0.1, 0.15) is 13.8 Å². The third-order valence-corrected chi connectivity index (χ3v) is 6.31. The van der Waals surface area contributed by atoms with Crippen LogP contribution in [0.4, 0.5) is 0 Å². The van der Waals surface area contributed by atoms with Crippen LogP contribution in [0.25, 0.3) is 17.1 Å². The summed E-state index contributed by atoms with van der Waals surface area (Å²) in [6.07, 6.45) is 0. The Morgan fingerprint density at radius 3 is 2.34 bits per heavy atom. The highest BCUT2D eigenvalue weighted by molar-refractivity contribution is 7.99. The molecule has 170 valence electrons. The lowest BCUT2D eigenvalue weighted by molar-refractivity contribution is -0.127. The van der Waals surface area contributed by atoms with Crippen LogP contribution >= 0.6 is 35.0 Å². The van der Waals surface area contributed by atoms with Gasteiger partial charge in [0.15, 0.2) is 11.0 Å². The first-order valence-corrected chi connectivity index (χ1v) is 11.7. The summed E-state index contributed by atoms with van der Waals surface area (Å²) in [5, 5.41) is 10.3. The van der Waals surface area contributed by atoms with E-state index in [4.69, 9.17) is 32.7 Å². The minimum atomic E-state index is 0.0317. The van der Waals surface area contributed by atoms with Crippen molar-refractivity contribution in [3.63, 3.8) is 0 Å². The van der Waals surface area contributed by atoms with E-state index in [1.807, 2.05) is 24.5 Å². The maximum atomic E-state index is 12.6. The first-order valence-electron chi connectivity index (χ1n) is 9.97. The Hall–Kier alpha value is -2.42. The highest BCUT2D eigenvalue weighted by atomic mass is 35.5. The highest BCUT2D eigenvalue weighted by Crippen LogP contribution is 2.36. The van der Waals surface area contributed by atoms with E-state index in [0.29, 0.717) is 51.2 Å². The topological polar surface area (TPSA) is 69.5 Å². The molecule has 0 spiro atoms. The molecule has 0 saturated carbocycles. The Bertz CT molecular complexity index is 1100.